The van der Waals surface area contributed by atoms with E-state index in [1.165, 1.54) is 20.7 Å². The molecule has 2 aromatic carbocycles. The van der Waals surface area contributed by atoms with Gasteiger partial charge in [0.05, 0.1) is 10.2 Å². The minimum absolute atomic E-state index is 0.266. The Morgan fingerprint density at radius 1 is 1.10 bits per heavy atom. The monoisotopic (exact) mass is 459 g/mol. The summed E-state index contributed by atoms with van der Waals surface area (Å²) in [5.41, 5.74) is 3.66. The Bertz CT molecular complexity index is 1030. The fraction of sp³-hybridized carbons (Fsp3) is 0.391. The molecule has 1 fully saturated rings. The first-order valence-corrected chi connectivity index (χ1v) is 12.5. The average Bonchev–Trinajstić information content (AvgIpc) is 3.20. The maximum Gasteiger partial charge on any atom is 0.222 e. The fourth-order valence-corrected chi connectivity index (χ4v) is 5.65. The van der Waals surface area contributed by atoms with E-state index in [9.17, 15) is 4.79 Å². The summed E-state index contributed by atoms with van der Waals surface area (Å²) in [6.07, 6.45) is 1.50. The number of rotatable bonds is 6. The fourth-order valence-electron chi connectivity index (χ4n) is 3.60. The second-order valence-corrected chi connectivity index (χ2v) is 10.2. The van der Waals surface area contributed by atoms with Crippen LogP contribution >= 0.6 is 34.7 Å². The zero-order valence-corrected chi connectivity index (χ0v) is 19.7. The summed E-state index contributed by atoms with van der Waals surface area (Å²) >= 11 is 9.44. The molecule has 1 aliphatic heterocycles. The summed E-state index contributed by atoms with van der Waals surface area (Å²) in [4.78, 5) is 23.0. The van der Waals surface area contributed by atoms with Gasteiger partial charge in [-0.3, -0.25) is 4.79 Å². The van der Waals surface area contributed by atoms with Crippen molar-refractivity contribution in [2.24, 2.45) is 0 Å². The van der Waals surface area contributed by atoms with Crippen LogP contribution < -0.4 is 4.90 Å². The highest BCUT2D eigenvalue weighted by Gasteiger charge is 2.23. The van der Waals surface area contributed by atoms with E-state index >= 15 is 0 Å². The molecule has 0 bridgehead atoms. The van der Waals surface area contributed by atoms with Crippen molar-refractivity contribution in [3.63, 3.8) is 0 Å². The number of thioether (sulfide) groups is 1. The number of hydrogen-bond acceptors (Lipinski definition) is 5. The van der Waals surface area contributed by atoms with Crippen LogP contribution in [0.25, 0.3) is 10.2 Å². The Labute approximate surface area is 191 Å². The van der Waals surface area contributed by atoms with E-state index in [2.05, 4.69) is 30.9 Å². The van der Waals surface area contributed by atoms with E-state index < -0.39 is 0 Å². The first-order chi connectivity index (χ1) is 14.5. The molecule has 1 aromatic heterocycles. The molecular weight excluding hydrogens is 434 g/mol. The summed E-state index contributed by atoms with van der Waals surface area (Å²) < 4.78 is 1.24. The summed E-state index contributed by atoms with van der Waals surface area (Å²) in [5.74, 6) is 1.21. The normalized spacial score (nSPS) is 14.5. The predicted octanol–water partition coefficient (Wildman–Crippen LogP) is 5.79. The van der Waals surface area contributed by atoms with Gasteiger partial charge >= 0.3 is 0 Å². The molecule has 1 amide bonds. The van der Waals surface area contributed by atoms with Crippen molar-refractivity contribution >= 4 is 56.0 Å². The molecule has 4 nitrogen and oxygen atoms in total. The van der Waals surface area contributed by atoms with Crippen LogP contribution in [0.5, 0.6) is 0 Å². The van der Waals surface area contributed by atoms with E-state index in [1.54, 1.807) is 23.1 Å². The van der Waals surface area contributed by atoms with Crippen LogP contribution in [0.3, 0.4) is 0 Å². The van der Waals surface area contributed by atoms with Crippen LogP contribution in [-0.4, -0.2) is 47.7 Å². The number of halogens is 1. The van der Waals surface area contributed by atoms with Crippen LogP contribution in [-0.2, 0) is 4.79 Å². The van der Waals surface area contributed by atoms with Crippen molar-refractivity contribution in [2.75, 3.05) is 36.8 Å². The molecular formula is C23H26ClN3OS2. The van der Waals surface area contributed by atoms with Crippen molar-refractivity contribution in [2.45, 2.75) is 31.6 Å². The SMILES string of the molecule is Cc1ccc2sc(N3CCN(C(=O)CCCSc4ccc(Cl)cc4)CC3)nc2c1C. The molecule has 0 atom stereocenters. The van der Waals surface area contributed by atoms with Gasteiger partial charge in [-0.05, 0) is 67.5 Å². The quantitative estimate of drug-likeness (QED) is 0.345. The smallest absolute Gasteiger partial charge is 0.222 e. The van der Waals surface area contributed by atoms with Crippen molar-refractivity contribution in [1.29, 1.82) is 0 Å². The highest BCUT2D eigenvalue weighted by atomic mass is 35.5. The lowest BCUT2D eigenvalue weighted by atomic mass is 10.1. The summed E-state index contributed by atoms with van der Waals surface area (Å²) in [5, 5.41) is 1.83. The van der Waals surface area contributed by atoms with Gasteiger partial charge < -0.3 is 9.80 Å². The van der Waals surface area contributed by atoms with Gasteiger partial charge in [0.15, 0.2) is 5.13 Å². The van der Waals surface area contributed by atoms with E-state index in [4.69, 9.17) is 16.6 Å². The summed E-state index contributed by atoms with van der Waals surface area (Å²) in [7, 11) is 0. The van der Waals surface area contributed by atoms with Gasteiger partial charge in [-0.15, -0.1) is 11.8 Å². The number of fused-ring (bicyclic) bond motifs is 1. The van der Waals surface area contributed by atoms with Gasteiger partial charge in [0.1, 0.15) is 0 Å². The first-order valence-electron chi connectivity index (χ1n) is 10.3. The summed E-state index contributed by atoms with van der Waals surface area (Å²) in [6, 6.07) is 12.2. The molecule has 2 heterocycles. The second-order valence-electron chi connectivity index (χ2n) is 7.62. The van der Waals surface area contributed by atoms with E-state index in [1.807, 2.05) is 29.2 Å². The number of amides is 1. The van der Waals surface area contributed by atoms with E-state index in [-0.39, 0.29) is 5.91 Å². The molecule has 0 N–H and O–H groups in total. The van der Waals surface area contributed by atoms with E-state index in [0.717, 1.165) is 54.0 Å². The molecule has 7 heteroatoms. The Kier molecular flexibility index (Phi) is 6.86. The molecule has 0 saturated carbocycles. The first kappa shape index (κ1) is 21.5. The molecule has 0 spiro atoms. The molecule has 0 radical (unpaired) electrons. The molecule has 158 valence electrons. The van der Waals surface area contributed by atoms with Gasteiger partial charge in [-0.1, -0.05) is 29.0 Å². The van der Waals surface area contributed by atoms with E-state index in [0.29, 0.717) is 6.42 Å². The van der Waals surface area contributed by atoms with Crippen molar-refractivity contribution in [3.05, 3.63) is 52.5 Å². The number of aryl methyl sites for hydroxylation is 2. The molecule has 1 aliphatic rings. The van der Waals surface area contributed by atoms with Crippen LogP contribution in [0.4, 0.5) is 5.13 Å². The van der Waals surface area contributed by atoms with Crippen LogP contribution in [0.1, 0.15) is 24.0 Å². The van der Waals surface area contributed by atoms with Crippen molar-refractivity contribution in [1.82, 2.24) is 9.88 Å². The number of aromatic nitrogens is 1. The minimum Gasteiger partial charge on any atom is -0.345 e. The highest BCUT2D eigenvalue weighted by molar-refractivity contribution is 7.99. The Morgan fingerprint density at radius 3 is 2.57 bits per heavy atom. The van der Waals surface area contributed by atoms with Gasteiger partial charge in [-0.2, -0.15) is 0 Å². The van der Waals surface area contributed by atoms with Crippen LogP contribution in [0, 0.1) is 13.8 Å². The number of piperazine rings is 1. The molecule has 1 saturated heterocycles. The van der Waals surface area contributed by atoms with Gasteiger partial charge in [0.25, 0.3) is 0 Å². The zero-order chi connectivity index (χ0) is 21.1. The van der Waals surface area contributed by atoms with Crippen molar-refractivity contribution in [3.8, 4) is 0 Å². The van der Waals surface area contributed by atoms with Crippen molar-refractivity contribution < 1.29 is 4.79 Å². The van der Waals surface area contributed by atoms with Gasteiger partial charge in [-0.25, -0.2) is 4.98 Å². The molecule has 0 aliphatic carbocycles. The average molecular weight is 460 g/mol. The third-order valence-electron chi connectivity index (χ3n) is 5.59. The van der Waals surface area contributed by atoms with Crippen LogP contribution in [0.2, 0.25) is 5.02 Å². The van der Waals surface area contributed by atoms with Gasteiger partial charge in [0, 0.05) is 42.5 Å². The maximum atomic E-state index is 12.6. The lowest BCUT2D eigenvalue weighted by Gasteiger charge is -2.34. The number of benzene rings is 2. The number of carbonyl (C=O) groups excluding carboxylic acids is 1. The molecule has 3 aromatic rings. The maximum absolute atomic E-state index is 12.6. The topological polar surface area (TPSA) is 36.4 Å². The molecule has 4 rings (SSSR count). The predicted molar refractivity (Wildman–Crippen MR) is 129 cm³/mol. The zero-order valence-electron chi connectivity index (χ0n) is 17.4. The molecule has 30 heavy (non-hydrogen) atoms. The standard InChI is InChI=1S/C23H26ClN3OS2/c1-16-5-10-20-22(17(16)2)25-23(30-20)27-13-11-26(12-14-27)21(28)4-3-15-29-19-8-6-18(24)7-9-19/h5-10H,3-4,11-15H2,1-2H3. The van der Waals surface area contributed by atoms with Crippen LogP contribution in [0.15, 0.2) is 41.3 Å². The minimum atomic E-state index is 0.266. The number of hydrogen-bond donors (Lipinski definition) is 0. The lowest BCUT2D eigenvalue weighted by molar-refractivity contribution is -0.131. The Hall–Kier alpha value is -1.76. The molecule has 0 unspecified atom stereocenters. The third-order valence-corrected chi connectivity index (χ3v) is 8.03. The largest absolute Gasteiger partial charge is 0.345 e. The van der Waals surface area contributed by atoms with Gasteiger partial charge in [0.2, 0.25) is 5.91 Å². The lowest BCUT2D eigenvalue weighted by Crippen LogP contribution is -2.48. The Morgan fingerprint density at radius 2 is 1.83 bits per heavy atom. The Balaban J connectivity index is 1.24. The number of anilines is 1. The number of thiazole rings is 1. The number of carbonyl (C=O) groups is 1. The summed E-state index contributed by atoms with van der Waals surface area (Å²) in [6.45, 7) is 7.52. The second kappa shape index (κ2) is 9.58. The third kappa shape index (κ3) is 4.93. The number of nitrogens with zero attached hydrogens (tertiary/aromatic N) is 3. The highest BCUT2D eigenvalue weighted by Crippen LogP contribution is 2.32.